The number of nitrogens with two attached hydrogens (primary N) is 1. The van der Waals surface area contributed by atoms with Gasteiger partial charge in [0.25, 0.3) is 0 Å². The minimum Gasteiger partial charge on any atom is -0.301 e. The summed E-state index contributed by atoms with van der Waals surface area (Å²) >= 11 is 0. The van der Waals surface area contributed by atoms with Crippen molar-refractivity contribution in [1.29, 1.82) is 0 Å². The average molecular weight is 191 g/mol. The van der Waals surface area contributed by atoms with Crippen molar-refractivity contribution in [3.63, 3.8) is 0 Å². The zero-order valence-electron chi connectivity index (χ0n) is 8.53. The van der Waals surface area contributed by atoms with E-state index in [2.05, 4.69) is 34.5 Å². The zero-order chi connectivity index (χ0) is 10.0. The monoisotopic (exact) mass is 191 g/mol. The third-order valence-electron chi connectivity index (χ3n) is 2.74. The van der Waals surface area contributed by atoms with Gasteiger partial charge in [0, 0.05) is 19.6 Å². The van der Waals surface area contributed by atoms with Crippen molar-refractivity contribution < 1.29 is 0 Å². The lowest BCUT2D eigenvalue weighted by Gasteiger charge is -2.30. The van der Waals surface area contributed by atoms with Gasteiger partial charge >= 0.3 is 0 Å². The summed E-state index contributed by atoms with van der Waals surface area (Å²) in [5.41, 5.74) is 7.40. The zero-order valence-corrected chi connectivity index (χ0v) is 8.53. The molecule has 1 atom stereocenters. The maximum atomic E-state index is 6.08. The molecule has 1 aromatic carbocycles. The van der Waals surface area contributed by atoms with Crippen LogP contribution in [0.15, 0.2) is 30.3 Å². The summed E-state index contributed by atoms with van der Waals surface area (Å²) in [7, 11) is 0. The smallest absolute Gasteiger partial charge is 0.120 e. The molecule has 0 aliphatic carbocycles. The van der Waals surface area contributed by atoms with E-state index in [1.165, 1.54) is 5.56 Å². The number of nitrogens with one attached hydrogen (secondary N) is 1. The van der Waals surface area contributed by atoms with Crippen LogP contribution >= 0.6 is 0 Å². The first-order valence-electron chi connectivity index (χ1n) is 5.01. The lowest BCUT2D eigenvalue weighted by molar-refractivity contribution is 0.136. The van der Waals surface area contributed by atoms with Gasteiger partial charge in [0.2, 0.25) is 0 Å². The molecule has 1 aliphatic rings. The van der Waals surface area contributed by atoms with Crippen molar-refractivity contribution in [3.05, 3.63) is 35.9 Å². The van der Waals surface area contributed by atoms with E-state index in [-0.39, 0.29) is 5.79 Å². The first-order valence-corrected chi connectivity index (χ1v) is 5.01. The Morgan fingerprint density at radius 2 is 2.14 bits per heavy atom. The van der Waals surface area contributed by atoms with Crippen molar-refractivity contribution in [2.75, 3.05) is 13.1 Å². The summed E-state index contributed by atoms with van der Waals surface area (Å²) in [6, 6.07) is 10.4. The van der Waals surface area contributed by atoms with Crippen LogP contribution in [0.3, 0.4) is 0 Å². The minimum atomic E-state index is -0.351. The fraction of sp³-hybridized carbons (Fsp3) is 0.455. The van der Waals surface area contributed by atoms with E-state index in [0.717, 1.165) is 19.6 Å². The highest BCUT2D eigenvalue weighted by Crippen LogP contribution is 2.14. The molecule has 3 N–H and O–H groups in total. The van der Waals surface area contributed by atoms with Gasteiger partial charge in [-0.05, 0) is 12.5 Å². The van der Waals surface area contributed by atoms with Crippen LogP contribution < -0.4 is 11.1 Å². The summed E-state index contributed by atoms with van der Waals surface area (Å²) < 4.78 is 0. The number of nitrogens with zero attached hydrogens (tertiary/aromatic N) is 1. The molecule has 1 saturated heterocycles. The van der Waals surface area contributed by atoms with Crippen molar-refractivity contribution in [2.45, 2.75) is 19.3 Å². The maximum absolute atomic E-state index is 6.08. The molecule has 1 aliphatic heterocycles. The Balaban J connectivity index is 2.05. The third-order valence-corrected chi connectivity index (χ3v) is 2.74. The Labute approximate surface area is 84.9 Å². The van der Waals surface area contributed by atoms with Crippen molar-refractivity contribution in [1.82, 2.24) is 10.2 Å². The number of hydrogen-bond donors (Lipinski definition) is 2. The molecule has 1 fully saturated rings. The molecule has 0 aromatic heterocycles. The molecule has 3 heteroatoms. The third kappa shape index (κ3) is 1.95. The Hall–Kier alpha value is -0.900. The van der Waals surface area contributed by atoms with E-state index in [9.17, 15) is 0 Å². The molecule has 0 spiro atoms. The molecule has 1 heterocycles. The lowest BCUT2D eigenvalue weighted by atomic mass is 10.2. The van der Waals surface area contributed by atoms with Gasteiger partial charge in [0.15, 0.2) is 0 Å². The van der Waals surface area contributed by atoms with E-state index in [1.54, 1.807) is 0 Å². The van der Waals surface area contributed by atoms with Gasteiger partial charge in [-0.15, -0.1) is 0 Å². The van der Waals surface area contributed by atoms with Crippen molar-refractivity contribution in [3.8, 4) is 0 Å². The van der Waals surface area contributed by atoms with Gasteiger partial charge in [-0.1, -0.05) is 30.3 Å². The molecular formula is C11H17N3. The summed E-state index contributed by atoms with van der Waals surface area (Å²) in [6.07, 6.45) is 0. The van der Waals surface area contributed by atoms with E-state index in [4.69, 9.17) is 5.73 Å². The molecule has 0 radical (unpaired) electrons. The Kier molecular flexibility index (Phi) is 2.54. The summed E-state index contributed by atoms with van der Waals surface area (Å²) in [6.45, 7) is 4.92. The van der Waals surface area contributed by atoms with Crippen molar-refractivity contribution in [2.24, 2.45) is 5.73 Å². The van der Waals surface area contributed by atoms with E-state index in [0.29, 0.717) is 0 Å². The van der Waals surface area contributed by atoms with Crippen LogP contribution in [0.5, 0.6) is 0 Å². The topological polar surface area (TPSA) is 41.3 Å². The van der Waals surface area contributed by atoms with Crippen LogP contribution in [-0.4, -0.2) is 23.8 Å². The van der Waals surface area contributed by atoms with E-state index < -0.39 is 0 Å². The number of hydrogen-bond acceptors (Lipinski definition) is 3. The first-order chi connectivity index (χ1) is 6.68. The second-order valence-corrected chi connectivity index (χ2v) is 3.98. The highest BCUT2D eigenvalue weighted by atomic mass is 15.4. The van der Waals surface area contributed by atoms with Crippen LogP contribution in [0.25, 0.3) is 0 Å². The molecule has 1 unspecified atom stereocenters. The Bertz CT molecular complexity index is 295. The second-order valence-electron chi connectivity index (χ2n) is 3.98. The standard InChI is InChI=1S/C11H17N3/c1-11(12)13-7-8-14(11)9-10-5-3-2-4-6-10/h2-6,13H,7-9,12H2,1H3. The lowest BCUT2D eigenvalue weighted by Crippen LogP contribution is -2.56. The second kappa shape index (κ2) is 3.69. The van der Waals surface area contributed by atoms with Gasteiger partial charge in [-0.3, -0.25) is 10.2 Å². The summed E-state index contributed by atoms with van der Waals surface area (Å²) in [4.78, 5) is 2.25. The molecular weight excluding hydrogens is 174 g/mol. The Morgan fingerprint density at radius 3 is 2.71 bits per heavy atom. The highest BCUT2D eigenvalue weighted by Gasteiger charge is 2.31. The number of rotatable bonds is 2. The normalized spacial score (nSPS) is 28.1. The molecule has 3 nitrogen and oxygen atoms in total. The molecule has 14 heavy (non-hydrogen) atoms. The van der Waals surface area contributed by atoms with Gasteiger partial charge in [0.05, 0.1) is 0 Å². The fourth-order valence-electron chi connectivity index (χ4n) is 1.84. The fourth-order valence-corrected chi connectivity index (χ4v) is 1.84. The summed E-state index contributed by atoms with van der Waals surface area (Å²) in [5, 5.41) is 3.27. The largest absolute Gasteiger partial charge is 0.301 e. The SMILES string of the molecule is CC1(N)NCCN1Cc1ccccc1. The molecule has 0 saturated carbocycles. The average Bonchev–Trinajstić information content (AvgIpc) is 2.48. The molecule has 1 aromatic rings. The van der Waals surface area contributed by atoms with Gasteiger partial charge < -0.3 is 5.73 Å². The summed E-state index contributed by atoms with van der Waals surface area (Å²) in [5.74, 6) is -0.351. The highest BCUT2D eigenvalue weighted by molar-refractivity contribution is 5.15. The minimum absolute atomic E-state index is 0.351. The van der Waals surface area contributed by atoms with Crippen LogP contribution in [0, 0.1) is 0 Å². The van der Waals surface area contributed by atoms with Crippen LogP contribution in [0.4, 0.5) is 0 Å². The van der Waals surface area contributed by atoms with E-state index >= 15 is 0 Å². The first kappa shape index (κ1) is 9.65. The van der Waals surface area contributed by atoms with E-state index in [1.807, 2.05) is 13.0 Å². The molecule has 76 valence electrons. The predicted octanol–water partition coefficient (Wildman–Crippen LogP) is 0.724. The molecule has 0 amide bonds. The van der Waals surface area contributed by atoms with Gasteiger partial charge in [0.1, 0.15) is 5.79 Å². The van der Waals surface area contributed by atoms with Crippen molar-refractivity contribution >= 4 is 0 Å². The van der Waals surface area contributed by atoms with Gasteiger partial charge in [-0.25, -0.2) is 0 Å². The molecule has 2 rings (SSSR count). The maximum Gasteiger partial charge on any atom is 0.120 e. The molecule has 0 bridgehead atoms. The predicted molar refractivity (Wildman–Crippen MR) is 57.4 cm³/mol. The quantitative estimate of drug-likeness (QED) is 0.724. The van der Waals surface area contributed by atoms with Crippen LogP contribution in [-0.2, 0) is 6.54 Å². The van der Waals surface area contributed by atoms with Gasteiger partial charge in [-0.2, -0.15) is 0 Å². The number of benzene rings is 1. The Morgan fingerprint density at radius 1 is 1.43 bits per heavy atom. The van der Waals surface area contributed by atoms with Crippen LogP contribution in [0.2, 0.25) is 0 Å². The van der Waals surface area contributed by atoms with Crippen LogP contribution in [0.1, 0.15) is 12.5 Å².